The summed E-state index contributed by atoms with van der Waals surface area (Å²) in [7, 11) is 0. The molecule has 0 bridgehead atoms. The maximum absolute atomic E-state index is 10.8. The molecular formula is C17H19N3O3. The topological polar surface area (TPSA) is 86.5 Å². The van der Waals surface area contributed by atoms with Crippen molar-refractivity contribution in [1.82, 2.24) is 9.97 Å². The van der Waals surface area contributed by atoms with Crippen molar-refractivity contribution in [3.63, 3.8) is 0 Å². The van der Waals surface area contributed by atoms with E-state index in [0.717, 1.165) is 42.9 Å². The van der Waals surface area contributed by atoms with Crippen LogP contribution in [0.15, 0.2) is 36.5 Å². The summed E-state index contributed by atoms with van der Waals surface area (Å²) >= 11 is 0. The molecule has 1 aliphatic rings. The predicted molar refractivity (Wildman–Crippen MR) is 86.3 cm³/mol. The molecule has 6 heteroatoms. The fraction of sp³-hybridized carbons (Fsp3) is 0.353. The van der Waals surface area contributed by atoms with Gasteiger partial charge in [-0.15, -0.1) is 0 Å². The summed E-state index contributed by atoms with van der Waals surface area (Å²) in [6.45, 7) is 1.55. The molecule has 0 atom stereocenters. The second kappa shape index (κ2) is 6.75. The molecule has 0 unspecified atom stereocenters. The summed E-state index contributed by atoms with van der Waals surface area (Å²) in [5, 5.41) is 18.5. The number of aliphatic hydroxyl groups excluding tert-OH is 1. The monoisotopic (exact) mass is 313 g/mol. The average molecular weight is 313 g/mol. The Hall–Kier alpha value is -2.47. The average Bonchev–Trinajstić information content (AvgIpc) is 2.55. The zero-order valence-corrected chi connectivity index (χ0v) is 12.7. The lowest BCUT2D eigenvalue weighted by Crippen LogP contribution is -2.36. The molecule has 0 spiro atoms. The van der Waals surface area contributed by atoms with Gasteiger partial charge in [-0.1, -0.05) is 18.2 Å². The third kappa shape index (κ3) is 3.84. The number of carbonyl (C=O) groups is 1. The van der Waals surface area contributed by atoms with Crippen molar-refractivity contribution < 1.29 is 15.0 Å². The predicted octanol–water partition coefficient (Wildman–Crippen LogP) is 1.73. The molecule has 6 nitrogen and oxygen atoms in total. The molecule has 1 aromatic heterocycles. The van der Waals surface area contributed by atoms with E-state index in [1.54, 1.807) is 12.3 Å². The van der Waals surface area contributed by atoms with E-state index in [4.69, 9.17) is 5.11 Å². The van der Waals surface area contributed by atoms with E-state index in [1.165, 1.54) is 0 Å². The highest BCUT2D eigenvalue weighted by molar-refractivity contribution is 5.71. The van der Waals surface area contributed by atoms with Gasteiger partial charge in [-0.25, -0.2) is 9.97 Å². The molecule has 0 amide bonds. The van der Waals surface area contributed by atoms with Gasteiger partial charge in [-0.2, -0.15) is 0 Å². The molecular weight excluding hydrogens is 294 g/mol. The number of carboxylic acid groups (broad SMARTS) is 1. The molecule has 3 rings (SSSR count). The van der Waals surface area contributed by atoms with Gasteiger partial charge in [0.25, 0.3) is 0 Å². The summed E-state index contributed by atoms with van der Waals surface area (Å²) in [6.07, 6.45) is 2.96. The molecule has 23 heavy (non-hydrogen) atoms. The normalized spacial score (nSPS) is 15.6. The summed E-state index contributed by atoms with van der Waals surface area (Å²) < 4.78 is 0. The molecule has 120 valence electrons. The van der Waals surface area contributed by atoms with Gasteiger partial charge in [0.05, 0.1) is 12.5 Å². The van der Waals surface area contributed by atoms with Gasteiger partial charge in [-0.3, -0.25) is 4.79 Å². The number of hydrogen-bond donors (Lipinski definition) is 2. The number of nitrogens with zero attached hydrogens (tertiary/aromatic N) is 3. The Morgan fingerprint density at radius 3 is 2.78 bits per heavy atom. The molecule has 2 N–H and O–H groups in total. The van der Waals surface area contributed by atoms with Gasteiger partial charge in [0.2, 0.25) is 0 Å². The number of anilines is 1. The fourth-order valence-corrected chi connectivity index (χ4v) is 2.75. The molecule has 0 saturated carbocycles. The molecule has 1 fully saturated rings. The Balaban J connectivity index is 1.83. The first-order valence-electron chi connectivity index (χ1n) is 7.69. The number of aromatic nitrogens is 2. The van der Waals surface area contributed by atoms with Crippen molar-refractivity contribution >= 4 is 11.8 Å². The molecule has 1 aromatic carbocycles. The first kappa shape index (κ1) is 15.4. The Morgan fingerprint density at radius 2 is 2.04 bits per heavy atom. The lowest BCUT2D eigenvalue weighted by Gasteiger charge is -2.30. The van der Waals surface area contributed by atoms with Gasteiger partial charge < -0.3 is 15.1 Å². The standard InChI is InChI=1S/C17H19N3O3/c21-14-5-8-20(9-6-14)15-4-7-18-17(19-15)13-3-1-2-12(10-13)11-16(22)23/h1-4,7,10,14,21H,5-6,8-9,11H2,(H,22,23). The molecule has 2 aromatic rings. The quantitative estimate of drug-likeness (QED) is 0.894. The van der Waals surface area contributed by atoms with E-state index in [-0.39, 0.29) is 12.5 Å². The number of benzene rings is 1. The Kier molecular flexibility index (Phi) is 4.52. The van der Waals surface area contributed by atoms with Crippen LogP contribution in [0.25, 0.3) is 11.4 Å². The second-order valence-corrected chi connectivity index (χ2v) is 5.73. The molecule has 2 heterocycles. The van der Waals surface area contributed by atoms with Crippen LogP contribution in [0.4, 0.5) is 5.82 Å². The van der Waals surface area contributed by atoms with Crippen molar-refractivity contribution in [3.05, 3.63) is 42.1 Å². The highest BCUT2D eigenvalue weighted by atomic mass is 16.4. The lowest BCUT2D eigenvalue weighted by atomic mass is 10.1. The molecule has 0 aliphatic carbocycles. The van der Waals surface area contributed by atoms with E-state index in [2.05, 4.69) is 14.9 Å². The van der Waals surface area contributed by atoms with Crippen LogP contribution in [0.5, 0.6) is 0 Å². The number of hydrogen-bond acceptors (Lipinski definition) is 5. The van der Waals surface area contributed by atoms with Crippen molar-refractivity contribution in [2.45, 2.75) is 25.4 Å². The van der Waals surface area contributed by atoms with Gasteiger partial charge in [0, 0.05) is 24.8 Å². The van der Waals surface area contributed by atoms with Crippen molar-refractivity contribution in [1.29, 1.82) is 0 Å². The van der Waals surface area contributed by atoms with Crippen LogP contribution >= 0.6 is 0 Å². The van der Waals surface area contributed by atoms with Gasteiger partial charge >= 0.3 is 5.97 Å². The smallest absolute Gasteiger partial charge is 0.307 e. The van der Waals surface area contributed by atoms with Crippen LogP contribution in [0.2, 0.25) is 0 Å². The van der Waals surface area contributed by atoms with Gasteiger partial charge in [0.15, 0.2) is 5.82 Å². The number of carboxylic acids is 1. The van der Waals surface area contributed by atoms with Crippen LogP contribution in [0.3, 0.4) is 0 Å². The summed E-state index contributed by atoms with van der Waals surface area (Å²) in [6, 6.07) is 9.16. The number of rotatable bonds is 4. The second-order valence-electron chi connectivity index (χ2n) is 5.73. The summed E-state index contributed by atoms with van der Waals surface area (Å²) in [5.74, 6) is 0.565. The first-order chi connectivity index (χ1) is 11.1. The van der Waals surface area contributed by atoms with E-state index in [9.17, 15) is 9.90 Å². The van der Waals surface area contributed by atoms with Crippen molar-refractivity contribution in [3.8, 4) is 11.4 Å². The fourth-order valence-electron chi connectivity index (χ4n) is 2.75. The van der Waals surface area contributed by atoms with Crippen LogP contribution < -0.4 is 4.90 Å². The highest BCUT2D eigenvalue weighted by Gasteiger charge is 2.18. The number of piperidine rings is 1. The molecule has 0 radical (unpaired) electrons. The van der Waals surface area contributed by atoms with E-state index in [1.807, 2.05) is 24.3 Å². The Morgan fingerprint density at radius 1 is 1.26 bits per heavy atom. The van der Waals surface area contributed by atoms with Crippen molar-refractivity contribution in [2.24, 2.45) is 0 Å². The minimum absolute atomic E-state index is 0.0163. The van der Waals surface area contributed by atoms with Crippen LogP contribution in [-0.2, 0) is 11.2 Å². The summed E-state index contributed by atoms with van der Waals surface area (Å²) in [4.78, 5) is 21.9. The first-order valence-corrected chi connectivity index (χ1v) is 7.69. The SMILES string of the molecule is O=C(O)Cc1cccc(-c2nccc(N3CCC(O)CC3)n2)c1. The van der Waals surface area contributed by atoms with E-state index >= 15 is 0 Å². The maximum Gasteiger partial charge on any atom is 0.307 e. The minimum Gasteiger partial charge on any atom is -0.481 e. The third-order valence-electron chi connectivity index (χ3n) is 3.97. The molecule has 1 saturated heterocycles. The van der Waals surface area contributed by atoms with Gasteiger partial charge in [-0.05, 0) is 30.5 Å². The lowest BCUT2D eigenvalue weighted by molar-refractivity contribution is -0.136. The van der Waals surface area contributed by atoms with E-state index < -0.39 is 5.97 Å². The minimum atomic E-state index is -0.858. The maximum atomic E-state index is 10.8. The largest absolute Gasteiger partial charge is 0.481 e. The Labute approximate surface area is 134 Å². The van der Waals surface area contributed by atoms with Crippen LogP contribution in [0.1, 0.15) is 18.4 Å². The van der Waals surface area contributed by atoms with Crippen LogP contribution in [0, 0.1) is 0 Å². The van der Waals surface area contributed by atoms with Crippen molar-refractivity contribution in [2.75, 3.05) is 18.0 Å². The third-order valence-corrected chi connectivity index (χ3v) is 3.97. The zero-order valence-electron chi connectivity index (χ0n) is 12.7. The van der Waals surface area contributed by atoms with E-state index in [0.29, 0.717) is 5.82 Å². The van der Waals surface area contributed by atoms with Gasteiger partial charge in [0.1, 0.15) is 5.82 Å². The highest BCUT2D eigenvalue weighted by Crippen LogP contribution is 2.22. The molecule has 1 aliphatic heterocycles. The zero-order chi connectivity index (χ0) is 16.2. The Bertz CT molecular complexity index is 697. The number of aliphatic hydroxyl groups is 1. The summed E-state index contributed by atoms with van der Waals surface area (Å²) in [5.41, 5.74) is 1.53. The number of aliphatic carboxylic acids is 1. The van der Waals surface area contributed by atoms with Crippen LogP contribution in [-0.4, -0.2) is 45.3 Å².